The van der Waals surface area contributed by atoms with Crippen LogP contribution >= 0.6 is 0 Å². The summed E-state index contributed by atoms with van der Waals surface area (Å²) in [5.74, 6) is 2.41. The number of rotatable bonds is 7. The monoisotopic (exact) mass is 292 g/mol. The largest absolute Gasteiger partial charge is 0.488 e. The summed E-state index contributed by atoms with van der Waals surface area (Å²) in [6.07, 6.45) is 5.40. The van der Waals surface area contributed by atoms with Crippen molar-refractivity contribution in [2.75, 3.05) is 17.6 Å². The van der Waals surface area contributed by atoms with Gasteiger partial charge in [0, 0.05) is 18.7 Å². The number of nitrogen functional groups attached to an aromatic ring is 1. The molecule has 0 aromatic heterocycles. The fourth-order valence-corrected chi connectivity index (χ4v) is 3.06. The summed E-state index contributed by atoms with van der Waals surface area (Å²) in [5.41, 5.74) is 7.18. The maximum Gasteiger partial charge on any atom is 0.167 e. The average molecular weight is 292 g/mol. The highest BCUT2D eigenvalue weighted by atomic mass is 19.1. The molecule has 0 atom stereocenters. The second kappa shape index (κ2) is 5.74. The molecule has 2 saturated carbocycles. The van der Waals surface area contributed by atoms with E-state index in [1.54, 1.807) is 6.07 Å². The van der Waals surface area contributed by atoms with Crippen LogP contribution in [-0.2, 0) is 0 Å². The van der Waals surface area contributed by atoms with Crippen molar-refractivity contribution in [2.45, 2.75) is 45.6 Å². The molecule has 0 unspecified atom stereocenters. The normalized spacial score (nSPS) is 18.3. The Morgan fingerprint density at radius 1 is 1.24 bits per heavy atom. The third-order valence-electron chi connectivity index (χ3n) is 4.45. The minimum atomic E-state index is -0.396. The van der Waals surface area contributed by atoms with Crippen molar-refractivity contribution in [2.24, 2.45) is 17.8 Å². The highest BCUT2D eigenvalue weighted by Crippen LogP contribution is 2.49. The molecule has 1 aromatic rings. The smallest absolute Gasteiger partial charge is 0.167 e. The first-order chi connectivity index (χ1) is 10.0. The molecule has 21 heavy (non-hydrogen) atoms. The van der Waals surface area contributed by atoms with Crippen LogP contribution in [0.5, 0.6) is 5.75 Å². The van der Waals surface area contributed by atoms with Crippen LogP contribution in [0.2, 0.25) is 0 Å². The summed E-state index contributed by atoms with van der Waals surface area (Å²) < 4.78 is 19.3. The Morgan fingerprint density at radius 2 is 1.86 bits per heavy atom. The van der Waals surface area contributed by atoms with Crippen molar-refractivity contribution in [3.63, 3.8) is 0 Å². The van der Waals surface area contributed by atoms with E-state index in [9.17, 15) is 4.39 Å². The van der Waals surface area contributed by atoms with Crippen molar-refractivity contribution in [3.05, 3.63) is 17.9 Å². The van der Waals surface area contributed by atoms with Crippen LogP contribution in [0.25, 0.3) is 0 Å². The Hall–Kier alpha value is -1.45. The highest BCUT2D eigenvalue weighted by Gasteiger charge is 2.41. The van der Waals surface area contributed by atoms with Crippen molar-refractivity contribution in [3.8, 4) is 5.75 Å². The Balaban J connectivity index is 1.68. The van der Waals surface area contributed by atoms with Gasteiger partial charge in [-0.05, 0) is 57.3 Å². The Labute approximate surface area is 126 Å². The van der Waals surface area contributed by atoms with E-state index in [1.165, 1.54) is 31.7 Å². The summed E-state index contributed by atoms with van der Waals surface area (Å²) in [7, 11) is 0. The minimum absolute atomic E-state index is 0.0540. The zero-order valence-electron chi connectivity index (χ0n) is 12.9. The van der Waals surface area contributed by atoms with E-state index in [0.717, 1.165) is 30.0 Å². The summed E-state index contributed by atoms with van der Waals surface area (Å²) in [5, 5.41) is 3.42. The van der Waals surface area contributed by atoms with Gasteiger partial charge in [-0.25, -0.2) is 4.39 Å². The number of hydrogen-bond donors (Lipinski definition) is 2. The number of nitrogens with two attached hydrogens (primary N) is 1. The molecule has 3 nitrogen and oxygen atoms in total. The zero-order chi connectivity index (χ0) is 15.0. The molecule has 0 aliphatic heterocycles. The molecule has 1 aromatic carbocycles. The van der Waals surface area contributed by atoms with Crippen LogP contribution < -0.4 is 15.8 Å². The zero-order valence-corrected chi connectivity index (χ0v) is 12.9. The van der Waals surface area contributed by atoms with Gasteiger partial charge in [0.2, 0.25) is 0 Å². The van der Waals surface area contributed by atoms with Gasteiger partial charge >= 0.3 is 0 Å². The standard InChI is InChI=1S/C17H25FN2O/c1-10(2)21-17-8-16(15(19)7-14(17)18)20-9-13(11-3-4-11)12-5-6-12/h7-8,10-13,20H,3-6,9,19H2,1-2H3. The lowest BCUT2D eigenvalue weighted by Gasteiger charge is -2.19. The molecular formula is C17H25FN2O. The quantitative estimate of drug-likeness (QED) is 0.745. The molecule has 0 amide bonds. The molecule has 3 rings (SSSR count). The number of hydrogen-bond acceptors (Lipinski definition) is 3. The molecule has 0 radical (unpaired) electrons. The van der Waals surface area contributed by atoms with Gasteiger partial charge in [0.15, 0.2) is 11.6 Å². The molecule has 0 saturated heterocycles. The molecule has 2 fully saturated rings. The van der Waals surface area contributed by atoms with Gasteiger partial charge in [0.05, 0.1) is 17.5 Å². The summed E-state index contributed by atoms with van der Waals surface area (Å²) in [6, 6.07) is 3.05. The molecule has 4 heteroatoms. The third kappa shape index (κ3) is 3.60. The van der Waals surface area contributed by atoms with Gasteiger partial charge in [0.25, 0.3) is 0 Å². The minimum Gasteiger partial charge on any atom is -0.488 e. The van der Waals surface area contributed by atoms with Crippen molar-refractivity contribution in [1.82, 2.24) is 0 Å². The van der Waals surface area contributed by atoms with Crippen LogP contribution in [0.15, 0.2) is 12.1 Å². The van der Waals surface area contributed by atoms with Crippen molar-refractivity contribution in [1.29, 1.82) is 0 Å². The Morgan fingerprint density at radius 3 is 2.38 bits per heavy atom. The van der Waals surface area contributed by atoms with Crippen LogP contribution in [0.4, 0.5) is 15.8 Å². The van der Waals surface area contributed by atoms with Crippen LogP contribution in [0, 0.1) is 23.6 Å². The SMILES string of the molecule is CC(C)Oc1cc(NCC(C2CC2)C2CC2)c(N)cc1F. The van der Waals surface area contributed by atoms with Crippen molar-refractivity contribution >= 4 is 11.4 Å². The molecule has 0 bridgehead atoms. The Kier molecular flexibility index (Phi) is 3.96. The Bertz CT molecular complexity index is 498. The molecule has 0 spiro atoms. The van der Waals surface area contributed by atoms with Gasteiger partial charge in [-0.15, -0.1) is 0 Å². The summed E-state index contributed by atoms with van der Waals surface area (Å²) in [6.45, 7) is 4.71. The van der Waals surface area contributed by atoms with Crippen molar-refractivity contribution < 1.29 is 9.13 Å². The predicted octanol–water partition coefficient (Wildman–Crippen LogP) is 4.04. The van der Waals surface area contributed by atoms with Crippen LogP contribution in [0.1, 0.15) is 39.5 Å². The average Bonchev–Trinajstić information content (AvgIpc) is 3.26. The van der Waals surface area contributed by atoms with Crippen LogP contribution in [0.3, 0.4) is 0 Å². The van der Waals surface area contributed by atoms with E-state index in [2.05, 4.69) is 5.32 Å². The van der Waals surface area contributed by atoms with Gasteiger partial charge in [0.1, 0.15) is 0 Å². The second-order valence-electron chi connectivity index (χ2n) is 6.76. The van der Waals surface area contributed by atoms with E-state index < -0.39 is 5.82 Å². The fourth-order valence-electron chi connectivity index (χ4n) is 3.06. The van der Waals surface area contributed by atoms with Gasteiger partial charge < -0.3 is 15.8 Å². The summed E-state index contributed by atoms with van der Waals surface area (Å²) in [4.78, 5) is 0. The number of nitrogens with one attached hydrogen (secondary N) is 1. The lowest BCUT2D eigenvalue weighted by molar-refractivity contribution is 0.231. The van der Waals surface area contributed by atoms with Gasteiger partial charge in [-0.1, -0.05) is 0 Å². The first-order valence-corrected chi connectivity index (χ1v) is 8.04. The molecule has 2 aliphatic rings. The summed E-state index contributed by atoms with van der Waals surface area (Å²) >= 11 is 0. The second-order valence-corrected chi connectivity index (χ2v) is 6.76. The van der Waals surface area contributed by atoms with E-state index in [4.69, 9.17) is 10.5 Å². The van der Waals surface area contributed by atoms with E-state index in [1.807, 2.05) is 13.8 Å². The number of benzene rings is 1. The van der Waals surface area contributed by atoms with E-state index >= 15 is 0 Å². The molecular weight excluding hydrogens is 267 g/mol. The first-order valence-electron chi connectivity index (χ1n) is 8.04. The number of ether oxygens (including phenoxy) is 1. The highest BCUT2D eigenvalue weighted by molar-refractivity contribution is 5.68. The molecule has 3 N–H and O–H groups in total. The lowest BCUT2D eigenvalue weighted by atomic mass is 9.98. The topological polar surface area (TPSA) is 47.3 Å². The third-order valence-corrected chi connectivity index (χ3v) is 4.45. The lowest BCUT2D eigenvalue weighted by Crippen LogP contribution is -2.19. The van der Waals surface area contributed by atoms with Crippen LogP contribution in [-0.4, -0.2) is 12.6 Å². The number of anilines is 2. The maximum atomic E-state index is 13.8. The molecule has 2 aliphatic carbocycles. The maximum absolute atomic E-state index is 13.8. The molecule has 116 valence electrons. The molecule has 0 heterocycles. The van der Waals surface area contributed by atoms with E-state index in [0.29, 0.717) is 5.69 Å². The first kappa shape index (κ1) is 14.5. The van der Waals surface area contributed by atoms with Gasteiger partial charge in [-0.3, -0.25) is 0 Å². The predicted molar refractivity (Wildman–Crippen MR) is 84.0 cm³/mol. The van der Waals surface area contributed by atoms with Gasteiger partial charge in [-0.2, -0.15) is 0 Å². The number of halogens is 1. The fraction of sp³-hybridized carbons (Fsp3) is 0.647. The van der Waals surface area contributed by atoms with E-state index in [-0.39, 0.29) is 11.9 Å².